The topological polar surface area (TPSA) is 46.3 Å². The van der Waals surface area contributed by atoms with E-state index in [1.54, 1.807) is 11.3 Å². The van der Waals surface area contributed by atoms with E-state index in [1.807, 2.05) is 10.3 Å². The molecule has 0 aliphatic carbocycles. The fourth-order valence-corrected chi connectivity index (χ4v) is 3.54. The number of thiophene rings is 1. The van der Waals surface area contributed by atoms with Crippen LogP contribution < -0.4 is 5.73 Å². The Bertz CT molecular complexity index is 406. The fraction of sp³-hybridized carbons (Fsp3) is 0.643. The normalized spacial score (nSPS) is 18.9. The highest BCUT2D eigenvalue weighted by molar-refractivity contribution is 7.12. The van der Waals surface area contributed by atoms with E-state index in [9.17, 15) is 4.79 Å². The minimum atomic E-state index is 0.213. The predicted molar refractivity (Wildman–Crippen MR) is 76.0 cm³/mol. The Morgan fingerprint density at radius 2 is 2.22 bits per heavy atom. The van der Waals surface area contributed by atoms with Crippen molar-refractivity contribution in [3.63, 3.8) is 0 Å². The molecule has 1 aromatic heterocycles. The fourth-order valence-electron chi connectivity index (χ4n) is 2.57. The Labute approximate surface area is 113 Å². The molecule has 0 saturated carbocycles. The zero-order chi connectivity index (χ0) is 13.1. The van der Waals surface area contributed by atoms with Gasteiger partial charge in [0, 0.05) is 19.1 Å². The van der Waals surface area contributed by atoms with Gasteiger partial charge in [0.05, 0.1) is 4.88 Å². The molecule has 1 fully saturated rings. The second kappa shape index (κ2) is 5.85. The number of nitrogens with two attached hydrogens (primary N) is 1. The zero-order valence-electron chi connectivity index (χ0n) is 11.2. The molecule has 0 bridgehead atoms. The molecule has 1 aromatic rings. The number of hydrogen-bond acceptors (Lipinski definition) is 3. The lowest BCUT2D eigenvalue weighted by atomic mass is 9.91. The van der Waals surface area contributed by atoms with E-state index in [-0.39, 0.29) is 11.9 Å². The first-order chi connectivity index (χ1) is 8.63. The van der Waals surface area contributed by atoms with Gasteiger partial charge in [-0.2, -0.15) is 0 Å². The average Bonchev–Trinajstić information content (AvgIpc) is 2.86. The summed E-state index contributed by atoms with van der Waals surface area (Å²) < 4.78 is 0. The van der Waals surface area contributed by atoms with Crippen LogP contribution in [0.2, 0.25) is 0 Å². The van der Waals surface area contributed by atoms with E-state index in [1.165, 1.54) is 5.56 Å². The molecule has 1 amide bonds. The van der Waals surface area contributed by atoms with Crippen molar-refractivity contribution in [2.75, 3.05) is 13.1 Å². The van der Waals surface area contributed by atoms with Crippen molar-refractivity contribution < 1.29 is 4.79 Å². The minimum Gasteiger partial charge on any atom is -0.338 e. The van der Waals surface area contributed by atoms with Gasteiger partial charge in [-0.1, -0.05) is 6.92 Å². The molecule has 0 aromatic carbocycles. The lowest BCUT2D eigenvalue weighted by Crippen LogP contribution is -2.42. The van der Waals surface area contributed by atoms with E-state index in [4.69, 9.17) is 5.73 Å². The standard InChI is InChI=1S/C14H22N2OS/c1-3-11-6-9-18-13(11)14(17)16-7-4-12(5-8-16)10(2)15/h6,9-10,12H,3-5,7-8,15H2,1-2H3. The highest BCUT2D eigenvalue weighted by Gasteiger charge is 2.26. The van der Waals surface area contributed by atoms with Crippen LogP contribution in [0.5, 0.6) is 0 Å². The Morgan fingerprint density at radius 3 is 2.78 bits per heavy atom. The molecule has 1 aliphatic rings. The van der Waals surface area contributed by atoms with E-state index in [2.05, 4.69) is 19.9 Å². The van der Waals surface area contributed by atoms with Crippen LogP contribution in [0.1, 0.15) is 41.9 Å². The van der Waals surface area contributed by atoms with Gasteiger partial charge in [-0.05, 0) is 49.1 Å². The van der Waals surface area contributed by atoms with Gasteiger partial charge in [-0.25, -0.2) is 0 Å². The van der Waals surface area contributed by atoms with Gasteiger partial charge in [-0.3, -0.25) is 4.79 Å². The van der Waals surface area contributed by atoms with Crippen LogP contribution in [0, 0.1) is 5.92 Å². The second-order valence-corrected chi connectivity index (χ2v) is 6.03. The maximum atomic E-state index is 12.4. The number of amides is 1. The summed E-state index contributed by atoms with van der Waals surface area (Å²) in [4.78, 5) is 15.3. The van der Waals surface area contributed by atoms with Gasteiger partial charge in [0.1, 0.15) is 0 Å². The third-order valence-corrected chi connectivity index (χ3v) is 4.84. The van der Waals surface area contributed by atoms with Crippen molar-refractivity contribution >= 4 is 17.2 Å². The second-order valence-electron chi connectivity index (χ2n) is 5.12. The number of likely N-dealkylation sites (tertiary alicyclic amines) is 1. The summed E-state index contributed by atoms with van der Waals surface area (Å²) in [5.74, 6) is 0.785. The van der Waals surface area contributed by atoms with Gasteiger partial charge in [0.15, 0.2) is 0 Å². The molecule has 2 heterocycles. The predicted octanol–water partition coefficient (Wildman–Crippen LogP) is 2.51. The largest absolute Gasteiger partial charge is 0.338 e. The first kappa shape index (κ1) is 13.6. The van der Waals surface area contributed by atoms with Gasteiger partial charge >= 0.3 is 0 Å². The molecule has 1 aliphatic heterocycles. The number of carbonyl (C=O) groups is 1. The molecule has 18 heavy (non-hydrogen) atoms. The summed E-state index contributed by atoms with van der Waals surface area (Å²) in [6.45, 7) is 5.87. The Kier molecular flexibility index (Phi) is 4.40. The number of nitrogens with zero attached hydrogens (tertiary/aromatic N) is 1. The van der Waals surface area contributed by atoms with Crippen molar-refractivity contribution in [3.05, 3.63) is 21.9 Å². The summed E-state index contributed by atoms with van der Waals surface area (Å²) in [5, 5.41) is 2.01. The van der Waals surface area contributed by atoms with Crippen molar-refractivity contribution in [2.45, 2.75) is 39.2 Å². The summed E-state index contributed by atoms with van der Waals surface area (Å²) >= 11 is 1.57. The average molecular weight is 266 g/mol. The van der Waals surface area contributed by atoms with Crippen LogP contribution >= 0.6 is 11.3 Å². The van der Waals surface area contributed by atoms with E-state index < -0.39 is 0 Å². The summed E-state index contributed by atoms with van der Waals surface area (Å²) in [6, 6.07) is 2.31. The highest BCUT2D eigenvalue weighted by atomic mass is 32.1. The summed E-state index contributed by atoms with van der Waals surface area (Å²) in [6.07, 6.45) is 3.01. The third-order valence-electron chi connectivity index (χ3n) is 3.89. The Balaban J connectivity index is 2.00. The molecule has 3 nitrogen and oxygen atoms in total. The van der Waals surface area contributed by atoms with Gasteiger partial charge in [0.25, 0.3) is 5.91 Å². The van der Waals surface area contributed by atoms with Crippen LogP contribution in [0.3, 0.4) is 0 Å². The molecule has 1 unspecified atom stereocenters. The summed E-state index contributed by atoms with van der Waals surface area (Å²) in [5.41, 5.74) is 7.11. The molecular formula is C14H22N2OS. The minimum absolute atomic E-state index is 0.213. The lowest BCUT2D eigenvalue weighted by molar-refractivity contribution is 0.0685. The van der Waals surface area contributed by atoms with E-state index in [0.717, 1.165) is 37.2 Å². The van der Waals surface area contributed by atoms with Crippen molar-refractivity contribution in [1.29, 1.82) is 0 Å². The van der Waals surface area contributed by atoms with Crippen LogP contribution in [-0.4, -0.2) is 29.9 Å². The maximum absolute atomic E-state index is 12.4. The highest BCUT2D eigenvalue weighted by Crippen LogP contribution is 2.24. The third kappa shape index (κ3) is 2.75. The lowest BCUT2D eigenvalue weighted by Gasteiger charge is -2.33. The number of piperidine rings is 1. The zero-order valence-corrected chi connectivity index (χ0v) is 12.0. The smallest absolute Gasteiger partial charge is 0.264 e. The van der Waals surface area contributed by atoms with Crippen molar-refractivity contribution in [2.24, 2.45) is 11.7 Å². The monoisotopic (exact) mass is 266 g/mol. The van der Waals surface area contributed by atoms with Crippen LogP contribution in [0.4, 0.5) is 0 Å². The van der Waals surface area contributed by atoms with Gasteiger partial charge in [-0.15, -0.1) is 11.3 Å². The van der Waals surface area contributed by atoms with Gasteiger partial charge in [0.2, 0.25) is 0 Å². The first-order valence-electron chi connectivity index (χ1n) is 6.74. The molecule has 2 N–H and O–H groups in total. The van der Waals surface area contributed by atoms with Crippen LogP contribution in [0.25, 0.3) is 0 Å². The van der Waals surface area contributed by atoms with E-state index in [0.29, 0.717) is 5.92 Å². The van der Waals surface area contributed by atoms with Gasteiger partial charge < -0.3 is 10.6 Å². The molecular weight excluding hydrogens is 244 g/mol. The SMILES string of the molecule is CCc1ccsc1C(=O)N1CCC(C(C)N)CC1. The Morgan fingerprint density at radius 1 is 1.56 bits per heavy atom. The quantitative estimate of drug-likeness (QED) is 0.913. The molecule has 2 rings (SSSR count). The molecule has 100 valence electrons. The first-order valence-corrected chi connectivity index (χ1v) is 7.62. The number of hydrogen-bond donors (Lipinski definition) is 1. The molecule has 4 heteroatoms. The maximum Gasteiger partial charge on any atom is 0.264 e. The summed E-state index contributed by atoms with van der Waals surface area (Å²) in [7, 11) is 0. The molecule has 0 radical (unpaired) electrons. The molecule has 1 atom stereocenters. The number of carbonyl (C=O) groups excluding carboxylic acids is 1. The van der Waals surface area contributed by atoms with Crippen molar-refractivity contribution in [1.82, 2.24) is 4.90 Å². The molecule has 1 saturated heterocycles. The molecule has 0 spiro atoms. The van der Waals surface area contributed by atoms with Crippen molar-refractivity contribution in [3.8, 4) is 0 Å². The van der Waals surface area contributed by atoms with Crippen LogP contribution in [0.15, 0.2) is 11.4 Å². The number of rotatable bonds is 3. The Hall–Kier alpha value is -0.870. The van der Waals surface area contributed by atoms with E-state index >= 15 is 0 Å². The van der Waals surface area contributed by atoms with Crippen LogP contribution in [-0.2, 0) is 6.42 Å². The number of aryl methyl sites for hydroxylation is 1.